The van der Waals surface area contributed by atoms with E-state index in [1.54, 1.807) is 17.4 Å². The van der Waals surface area contributed by atoms with Gasteiger partial charge < -0.3 is 0 Å². The van der Waals surface area contributed by atoms with E-state index in [-0.39, 0.29) is 11.9 Å². The number of hydrazine groups is 1. The molecule has 0 aliphatic rings. The van der Waals surface area contributed by atoms with Gasteiger partial charge in [0.15, 0.2) is 0 Å². The van der Waals surface area contributed by atoms with Crippen LogP contribution < -0.4 is 11.3 Å². The second-order valence-electron chi connectivity index (χ2n) is 4.45. The van der Waals surface area contributed by atoms with Gasteiger partial charge in [0.1, 0.15) is 5.82 Å². The van der Waals surface area contributed by atoms with E-state index in [0.29, 0.717) is 5.02 Å². The smallest absolute Gasteiger partial charge is 0.123 e. The maximum atomic E-state index is 13.3. The summed E-state index contributed by atoms with van der Waals surface area (Å²) in [7, 11) is 0. The zero-order chi connectivity index (χ0) is 14.1. The lowest BCUT2D eigenvalue weighted by molar-refractivity contribution is 0.629. The highest BCUT2D eigenvalue weighted by Gasteiger charge is 2.17. The fourth-order valence-electron chi connectivity index (χ4n) is 2.21. The number of nitrogens with two attached hydrogens (primary N) is 1. The SMILES string of the molecule is NNC(c1cc2cc(F)ccc2s1)c1ccccc1Cl. The van der Waals surface area contributed by atoms with Crippen LogP contribution in [0.4, 0.5) is 4.39 Å². The molecular formula is C15H12ClFN2S. The summed E-state index contributed by atoms with van der Waals surface area (Å²) in [6.45, 7) is 0. The van der Waals surface area contributed by atoms with Crippen LogP contribution in [0.5, 0.6) is 0 Å². The molecule has 0 fully saturated rings. The Hall–Kier alpha value is -1.46. The van der Waals surface area contributed by atoms with Gasteiger partial charge in [-0.3, -0.25) is 5.84 Å². The van der Waals surface area contributed by atoms with Crippen LogP contribution in [0.15, 0.2) is 48.5 Å². The van der Waals surface area contributed by atoms with E-state index < -0.39 is 0 Å². The van der Waals surface area contributed by atoms with Gasteiger partial charge in [0, 0.05) is 14.6 Å². The maximum absolute atomic E-state index is 13.3. The fraction of sp³-hybridized carbons (Fsp3) is 0.0667. The first-order valence-corrected chi connectivity index (χ1v) is 7.28. The second kappa shape index (κ2) is 5.50. The van der Waals surface area contributed by atoms with Gasteiger partial charge in [0.05, 0.1) is 6.04 Å². The number of benzene rings is 2. The van der Waals surface area contributed by atoms with E-state index in [1.165, 1.54) is 12.1 Å². The van der Waals surface area contributed by atoms with Crippen LogP contribution in [-0.4, -0.2) is 0 Å². The largest absolute Gasteiger partial charge is 0.271 e. The van der Waals surface area contributed by atoms with E-state index in [2.05, 4.69) is 5.43 Å². The van der Waals surface area contributed by atoms with Gasteiger partial charge >= 0.3 is 0 Å². The van der Waals surface area contributed by atoms with Crippen molar-refractivity contribution in [1.29, 1.82) is 0 Å². The van der Waals surface area contributed by atoms with Crippen molar-refractivity contribution in [3.05, 3.63) is 69.8 Å². The fourth-order valence-corrected chi connectivity index (χ4v) is 3.58. The topological polar surface area (TPSA) is 38.0 Å². The van der Waals surface area contributed by atoms with Gasteiger partial charge in [0.2, 0.25) is 0 Å². The molecule has 2 aromatic carbocycles. The molecule has 1 atom stereocenters. The average molecular weight is 307 g/mol. The predicted molar refractivity (Wildman–Crippen MR) is 82.4 cm³/mol. The van der Waals surface area contributed by atoms with Gasteiger partial charge in [-0.15, -0.1) is 11.3 Å². The van der Waals surface area contributed by atoms with Crippen molar-refractivity contribution in [2.24, 2.45) is 5.84 Å². The summed E-state index contributed by atoms with van der Waals surface area (Å²) in [5.41, 5.74) is 3.69. The molecule has 102 valence electrons. The first-order chi connectivity index (χ1) is 9.69. The normalized spacial score (nSPS) is 12.8. The second-order valence-corrected chi connectivity index (χ2v) is 5.97. The predicted octanol–water partition coefficient (Wildman–Crippen LogP) is 4.25. The summed E-state index contributed by atoms with van der Waals surface area (Å²) in [6, 6.07) is 14.0. The molecule has 0 spiro atoms. The highest BCUT2D eigenvalue weighted by Crippen LogP contribution is 2.35. The minimum Gasteiger partial charge on any atom is -0.271 e. The Bertz CT molecular complexity index is 756. The molecular weight excluding hydrogens is 295 g/mol. The zero-order valence-electron chi connectivity index (χ0n) is 10.4. The quantitative estimate of drug-likeness (QED) is 0.561. The first kappa shape index (κ1) is 13.5. The van der Waals surface area contributed by atoms with Crippen molar-refractivity contribution < 1.29 is 4.39 Å². The molecule has 1 heterocycles. The van der Waals surface area contributed by atoms with Crippen molar-refractivity contribution in [1.82, 2.24) is 5.43 Å². The van der Waals surface area contributed by atoms with Crippen molar-refractivity contribution in [3.63, 3.8) is 0 Å². The summed E-state index contributed by atoms with van der Waals surface area (Å²) in [5, 5.41) is 1.52. The minimum absolute atomic E-state index is 0.204. The standard InChI is InChI=1S/C15H12ClFN2S/c16-12-4-2-1-3-11(12)15(19-18)14-8-9-7-10(17)5-6-13(9)20-14/h1-8,15,19H,18H2. The zero-order valence-corrected chi connectivity index (χ0v) is 12.0. The molecule has 3 N–H and O–H groups in total. The molecule has 0 bridgehead atoms. The summed E-state index contributed by atoms with van der Waals surface area (Å²) in [4.78, 5) is 1.00. The van der Waals surface area contributed by atoms with E-state index in [1.807, 2.05) is 30.3 Å². The van der Waals surface area contributed by atoms with E-state index in [0.717, 1.165) is 20.5 Å². The molecule has 3 rings (SSSR count). The van der Waals surface area contributed by atoms with E-state index >= 15 is 0 Å². The Morgan fingerprint density at radius 3 is 2.70 bits per heavy atom. The average Bonchev–Trinajstić information content (AvgIpc) is 2.84. The van der Waals surface area contributed by atoms with Crippen LogP contribution in [0.1, 0.15) is 16.5 Å². The molecule has 0 radical (unpaired) electrons. The van der Waals surface area contributed by atoms with Gasteiger partial charge in [-0.1, -0.05) is 29.8 Å². The maximum Gasteiger partial charge on any atom is 0.123 e. The lowest BCUT2D eigenvalue weighted by Crippen LogP contribution is -2.28. The molecule has 0 saturated carbocycles. The molecule has 0 aliphatic heterocycles. The van der Waals surface area contributed by atoms with Gasteiger partial charge in [-0.25, -0.2) is 9.82 Å². The van der Waals surface area contributed by atoms with Gasteiger partial charge in [0.25, 0.3) is 0 Å². The molecule has 5 heteroatoms. The summed E-state index contributed by atoms with van der Waals surface area (Å²) < 4.78 is 14.3. The lowest BCUT2D eigenvalue weighted by atomic mass is 10.1. The number of hydrogen-bond acceptors (Lipinski definition) is 3. The first-order valence-electron chi connectivity index (χ1n) is 6.08. The Morgan fingerprint density at radius 2 is 1.95 bits per heavy atom. The van der Waals surface area contributed by atoms with Crippen LogP contribution in [0.3, 0.4) is 0 Å². The molecule has 3 aromatic rings. The van der Waals surface area contributed by atoms with E-state index in [9.17, 15) is 4.39 Å². The third-order valence-corrected chi connectivity index (χ3v) is 4.69. The van der Waals surface area contributed by atoms with Crippen molar-refractivity contribution >= 4 is 33.0 Å². The van der Waals surface area contributed by atoms with Crippen molar-refractivity contribution in [3.8, 4) is 0 Å². The Morgan fingerprint density at radius 1 is 1.15 bits per heavy atom. The third-order valence-electron chi connectivity index (χ3n) is 3.16. The van der Waals surface area contributed by atoms with Crippen molar-refractivity contribution in [2.45, 2.75) is 6.04 Å². The van der Waals surface area contributed by atoms with Gasteiger partial charge in [-0.2, -0.15) is 0 Å². The number of fused-ring (bicyclic) bond motifs is 1. The molecule has 0 aliphatic carbocycles. The van der Waals surface area contributed by atoms with Crippen LogP contribution in [-0.2, 0) is 0 Å². The molecule has 1 unspecified atom stereocenters. The van der Waals surface area contributed by atoms with Gasteiger partial charge in [-0.05, 0) is 41.3 Å². The summed E-state index contributed by atoms with van der Waals surface area (Å²) in [6.07, 6.45) is 0. The van der Waals surface area contributed by atoms with Crippen LogP contribution >= 0.6 is 22.9 Å². The number of rotatable bonds is 3. The number of nitrogens with one attached hydrogen (secondary N) is 1. The molecule has 1 aromatic heterocycles. The van der Waals surface area contributed by atoms with Crippen LogP contribution in [0, 0.1) is 5.82 Å². The number of halogens is 2. The van der Waals surface area contributed by atoms with Crippen molar-refractivity contribution in [2.75, 3.05) is 0 Å². The molecule has 0 saturated heterocycles. The summed E-state index contributed by atoms with van der Waals surface area (Å²) >= 11 is 7.80. The monoisotopic (exact) mass is 306 g/mol. The Labute approximate surface area is 125 Å². The molecule has 20 heavy (non-hydrogen) atoms. The number of hydrogen-bond donors (Lipinski definition) is 2. The number of thiophene rings is 1. The van der Waals surface area contributed by atoms with Crippen LogP contribution in [0.25, 0.3) is 10.1 Å². The Balaban J connectivity index is 2.10. The lowest BCUT2D eigenvalue weighted by Gasteiger charge is -2.15. The third kappa shape index (κ3) is 2.43. The van der Waals surface area contributed by atoms with E-state index in [4.69, 9.17) is 17.4 Å². The Kier molecular flexibility index (Phi) is 3.72. The highest BCUT2D eigenvalue weighted by molar-refractivity contribution is 7.19. The van der Waals surface area contributed by atoms with Crippen LogP contribution in [0.2, 0.25) is 5.02 Å². The summed E-state index contributed by atoms with van der Waals surface area (Å²) in [5.74, 6) is 5.44. The molecule has 0 amide bonds. The highest BCUT2D eigenvalue weighted by atomic mass is 35.5. The molecule has 2 nitrogen and oxygen atoms in total. The minimum atomic E-state index is -0.239.